The maximum absolute atomic E-state index is 12.9. The normalized spacial score (nSPS) is 14.4. The van der Waals surface area contributed by atoms with E-state index in [0.717, 1.165) is 59.3 Å². The van der Waals surface area contributed by atoms with Gasteiger partial charge in [0.05, 0.1) is 10.7 Å². The molecule has 0 saturated carbocycles. The van der Waals surface area contributed by atoms with E-state index in [2.05, 4.69) is 43.3 Å². The minimum absolute atomic E-state index is 0.224. The maximum Gasteiger partial charge on any atom is 0.258 e. The summed E-state index contributed by atoms with van der Waals surface area (Å²) in [6, 6.07) is 17.2. The Bertz CT molecular complexity index is 1160. The molecular weight excluding hydrogens is 508 g/mol. The highest BCUT2D eigenvalue weighted by Gasteiger charge is 2.18. The number of amides is 1. The monoisotopic (exact) mass is 530 g/mol. The Balaban J connectivity index is 1.42. The number of rotatable bonds is 4. The average Bonchev–Trinajstić information content (AvgIpc) is 2.79. The standard InChI is InChI=1S/C24H24BrClN4OS/c1-2-29-11-13-30(14-12-29)22-10-9-16(15-21(22)26)27-24(32)28-23(31)19-7-3-6-18-17(19)5-4-8-20(18)25/h3-10,15H,2,11-14H2,1H3,(H2,27,28,31,32). The van der Waals surface area contributed by atoms with Gasteiger partial charge in [0.15, 0.2) is 5.11 Å². The summed E-state index contributed by atoms with van der Waals surface area (Å²) in [5.74, 6) is -0.261. The topological polar surface area (TPSA) is 47.6 Å². The highest BCUT2D eigenvalue weighted by molar-refractivity contribution is 9.10. The second-order valence-corrected chi connectivity index (χ2v) is 9.31. The fraction of sp³-hybridized carbons (Fsp3) is 0.250. The smallest absolute Gasteiger partial charge is 0.258 e. The molecule has 5 nitrogen and oxygen atoms in total. The molecule has 0 aliphatic carbocycles. The molecule has 1 heterocycles. The van der Waals surface area contributed by atoms with E-state index in [4.69, 9.17) is 23.8 Å². The molecule has 0 atom stereocenters. The van der Waals surface area contributed by atoms with E-state index in [1.807, 2.05) is 48.5 Å². The van der Waals surface area contributed by atoms with E-state index in [1.165, 1.54) is 0 Å². The first-order chi connectivity index (χ1) is 15.5. The number of piperazine rings is 1. The van der Waals surface area contributed by atoms with Crippen molar-refractivity contribution in [3.8, 4) is 0 Å². The predicted molar refractivity (Wildman–Crippen MR) is 141 cm³/mol. The number of hydrogen-bond donors (Lipinski definition) is 2. The van der Waals surface area contributed by atoms with E-state index in [0.29, 0.717) is 10.6 Å². The second-order valence-electron chi connectivity index (χ2n) is 7.64. The fourth-order valence-electron chi connectivity index (χ4n) is 3.95. The van der Waals surface area contributed by atoms with Crippen LogP contribution in [-0.2, 0) is 0 Å². The lowest BCUT2D eigenvalue weighted by Gasteiger charge is -2.36. The van der Waals surface area contributed by atoms with Gasteiger partial charge in [-0.2, -0.15) is 0 Å². The summed E-state index contributed by atoms with van der Waals surface area (Å²) < 4.78 is 0.941. The van der Waals surface area contributed by atoms with Crippen LogP contribution in [0.25, 0.3) is 10.8 Å². The number of anilines is 2. The van der Waals surface area contributed by atoms with Crippen LogP contribution in [0, 0.1) is 0 Å². The molecule has 1 amide bonds. The van der Waals surface area contributed by atoms with Crippen molar-refractivity contribution in [1.29, 1.82) is 0 Å². The quantitative estimate of drug-likeness (QED) is 0.434. The number of likely N-dealkylation sites (N-methyl/N-ethyl adjacent to an activating group) is 1. The van der Waals surface area contributed by atoms with Crippen LogP contribution in [0.4, 0.5) is 11.4 Å². The van der Waals surface area contributed by atoms with Gasteiger partial charge in [-0.25, -0.2) is 0 Å². The minimum Gasteiger partial charge on any atom is -0.368 e. The molecule has 0 radical (unpaired) electrons. The van der Waals surface area contributed by atoms with Crippen molar-refractivity contribution in [3.05, 3.63) is 69.7 Å². The van der Waals surface area contributed by atoms with Crippen molar-refractivity contribution in [2.75, 3.05) is 42.9 Å². The van der Waals surface area contributed by atoms with Gasteiger partial charge in [0.2, 0.25) is 0 Å². The number of nitrogens with one attached hydrogen (secondary N) is 2. The molecule has 3 aromatic carbocycles. The van der Waals surface area contributed by atoms with Gasteiger partial charge in [-0.3, -0.25) is 10.1 Å². The van der Waals surface area contributed by atoms with Crippen molar-refractivity contribution < 1.29 is 4.79 Å². The number of halogens is 2. The Morgan fingerprint density at radius 1 is 1.06 bits per heavy atom. The molecule has 2 N–H and O–H groups in total. The molecule has 0 unspecified atom stereocenters. The van der Waals surface area contributed by atoms with Gasteiger partial charge in [-0.15, -0.1) is 0 Å². The van der Waals surface area contributed by atoms with Gasteiger partial charge >= 0.3 is 0 Å². The Morgan fingerprint density at radius 3 is 2.50 bits per heavy atom. The van der Waals surface area contributed by atoms with Crippen molar-refractivity contribution in [2.45, 2.75) is 6.92 Å². The predicted octanol–water partition coefficient (Wildman–Crippen LogP) is 5.52. The number of hydrogen-bond acceptors (Lipinski definition) is 4. The van der Waals surface area contributed by atoms with E-state index in [9.17, 15) is 4.79 Å². The van der Waals surface area contributed by atoms with E-state index < -0.39 is 0 Å². The zero-order valence-corrected chi connectivity index (χ0v) is 20.9. The van der Waals surface area contributed by atoms with E-state index in [-0.39, 0.29) is 11.0 Å². The average molecular weight is 532 g/mol. The third-order valence-corrected chi connectivity index (χ3v) is 6.90. The Morgan fingerprint density at radius 2 is 1.78 bits per heavy atom. The highest BCUT2D eigenvalue weighted by atomic mass is 79.9. The van der Waals surface area contributed by atoms with Crippen molar-refractivity contribution in [3.63, 3.8) is 0 Å². The highest BCUT2D eigenvalue weighted by Crippen LogP contribution is 2.30. The van der Waals surface area contributed by atoms with Crippen LogP contribution in [0.5, 0.6) is 0 Å². The molecule has 32 heavy (non-hydrogen) atoms. The number of benzene rings is 3. The molecule has 0 spiro atoms. The van der Waals surface area contributed by atoms with Crippen molar-refractivity contribution >= 4 is 72.9 Å². The Labute approximate surface area is 206 Å². The zero-order valence-electron chi connectivity index (χ0n) is 17.7. The lowest BCUT2D eigenvalue weighted by Crippen LogP contribution is -2.46. The van der Waals surface area contributed by atoms with Crippen molar-refractivity contribution in [1.82, 2.24) is 10.2 Å². The fourth-order valence-corrected chi connectivity index (χ4v) is 4.96. The molecular formula is C24H24BrClN4OS. The first kappa shape index (κ1) is 23.0. The van der Waals surface area contributed by atoms with Gasteiger partial charge in [0, 0.05) is 41.9 Å². The van der Waals surface area contributed by atoms with Crippen LogP contribution in [0.15, 0.2) is 59.1 Å². The van der Waals surface area contributed by atoms with Crippen LogP contribution in [0.3, 0.4) is 0 Å². The van der Waals surface area contributed by atoms with Crippen LogP contribution in [-0.4, -0.2) is 48.6 Å². The van der Waals surface area contributed by atoms with Crippen LogP contribution >= 0.6 is 39.7 Å². The van der Waals surface area contributed by atoms with Gasteiger partial charge < -0.3 is 15.1 Å². The largest absolute Gasteiger partial charge is 0.368 e. The molecule has 1 saturated heterocycles. The number of carbonyl (C=O) groups is 1. The van der Waals surface area contributed by atoms with Gasteiger partial charge in [0.25, 0.3) is 5.91 Å². The van der Waals surface area contributed by atoms with Crippen LogP contribution < -0.4 is 15.5 Å². The molecule has 166 valence electrons. The summed E-state index contributed by atoms with van der Waals surface area (Å²) in [5, 5.41) is 8.56. The minimum atomic E-state index is -0.261. The lowest BCUT2D eigenvalue weighted by atomic mass is 10.0. The molecule has 1 aliphatic rings. The molecule has 4 rings (SSSR count). The summed E-state index contributed by atoms with van der Waals surface area (Å²) in [5.41, 5.74) is 2.31. The summed E-state index contributed by atoms with van der Waals surface area (Å²) in [6.45, 7) is 7.24. The summed E-state index contributed by atoms with van der Waals surface area (Å²) in [7, 11) is 0. The summed E-state index contributed by atoms with van der Waals surface area (Å²) in [6.07, 6.45) is 0. The van der Waals surface area contributed by atoms with E-state index in [1.54, 1.807) is 6.07 Å². The van der Waals surface area contributed by atoms with Gasteiger partial charge in [-0.05, 0) is 59.9 Å². The zero-order chi connectivity index (χ0) is 22.7. The molecule has 8 heteroatoms. The van der Waals surface area contributed by atoms with Crippen molar-refractivity contribution in [2.24, 2.45) is 0 Å². The Kier molecular flexibility index (Phi) is 7.30. The Hall–Kier alpha value is -2.19. The molecule has 3 aromatic rings. The van der Waals surface area contributed by atoms with Gasteiger partial charge in [-0.1, -0.05) is 58.7 Å². The number of thiocarbonyl (C=S) groups is 1. The SMILES string of the molecule is CCN1CCN(c2ccc(NC(=S)NC(=O)c3cccc4c(Br)cccc34)cc2Cl)CC1. The van der Waals surface area contributed by atoms with E-state index >= 15 is 0 Å². The number of fused-ring (bicyclic) bond motifs is 1. The summed E-state index contributed by atoms with van der Waals surface area (Å²) in [4.78, 5) is 17.6. The van der Waals surface area contributed by atoms with Gasteiger partial charge in [0.1, 0.15) is 0 Å². The molecule has 1 aliphatic heterocycles. The summed E-state index contributed by atoms with van der Waals surface area (Å²) >= 11 is 15.5. The second kappa shape index (κ2) is 10.2. The van der Waals surface area contributed by atoms with Crippen LogP contribution in [0.2, 0.25) is 5.02 Å². The number of carbonyl (C=O) groups excluding carboxylic acids is 1. The molecule has 0 aromatic heterocycles. The molecule has 0 bridgehead atoms. The molecule has 1 fully saturated rings. The number of nitrogens with zero attached hydrogens (tertiary/aromatic N) is 2. The third-order valence-electron chi connectivity index (χ3n) is 5.71. The lowest BCUT2D eigenvalue weighted by molar-refractivity contribution is 0.0979. The first-order valence-electron chi connectivity index (χ1n) is 10.5. The maximum atomic E-state index is 12.9. The first-order valence-corrected chi connectivity index (χ1v) is 12.1. The van der Waals surface area contributed by atoms with Crippen LogP contribution in [0.1, 0.15) is 17.3 Å². The third kappa shape index (κ3) is 5.07.